The van der Waals surface area contributed by atoms with Crippen molar-refractivity contribution in [3.63, 3.8) is 0 Å². The van der Waals surface area contributed by atoms with Crippen molar-refractivity contribution >= 4 is 0 Å². The van der Waals surface area contributed by atoms with Crippen LogP contribution in [0.5, 0.6) is 5.75 Å². The highest BCUT2D eigenvalue weighted by atomic mass is 16.5. The summed E-state index contributed by atoms with van der Waals surface area (Å²) in [7, 11) is 0. The van der Waals surface area contributed by atoms with Crippen LogP contribution in [-0.2, 0) is 6.54 Å². The second-order valence-corrected chi connectivity index (χ2v) is 3.28. The molecule has 14 heavy (non-hydrogen) atoms. The molecule has 2 aromatic rings. The van der Waals surface area contributed by atoms with E-state index in [9.17, 15) is 0 Å². The predicted molar refractivity (Wildman–Crippen MR) is 53.2 cm³/mol. The number of ether oxygens (including phenoxy) is 1. The third-order valence-corrected chi connectivity index (χ3v) is 2.44. The first-order valence-electron chi connectivity index (χ1n) is 4.69. The van der Waals surface area contributed by atoms with Crippen molar-refractivity contribution in [2.45, 2.75) is 6.54 Å². The SMILES string of the molecule is c1ccc2c(c1)OCCn1nccc1-2. The molecular formula is C11H10N2O. The Balaban J connectivity index is 2.27. The van der Waals surface area contributed by atoms with E-state index in [0.717, 1.165) is 23.6 Å². The molecule has 0 radical (unpaired) electrons. The van der Waals surface area contributed by atoms with Crippen LogP contribution in [0, 0.1) is 0 Å². The van der Waals surface area contributed by atoms with Crippen LogP contribution >= 0.6 is 0 Å². The van der Waals surface area contributed by atoms with E-state index < -0.39 is 0 Å². The maximum atomic E-state index is 5.63. The van der Waals surface area contributed by atoms with E-state index >= 15 is 0 Å². The summed E-state index contributed by atoms with van der Waals surface area (Å²) >= 11 is 0. The highest BCUT2D eigenvalue weighted by Gasteiger charge is 2.14. The minimum Gasteiger partial charge on any atom is -0.491 e. The summed E-state index contributed by atoms with van der Waals surface area (Å²) in [5.41, 5.74) is 2.26. The van der Waals surface area contributed by atoms with Gasteiger partial charge in [0.25, 0.3) is 0 Å². The summed E-state index contributed by atoms with van der Waals surface area (Å²) in [4.78, 5) is 0. The molecule has 0 atom stereocenters. The topological polar surface area (TPSA) is 27.1 Å². The Hall–Kier alpha value is -1.77. The number of hydrogen-bond acceptors (Lipinski definition) is 2. The minimum absolute atomic E-state index is 0.686. The van der Waals surface area contributed by atoms with Gasteiger partial charge in [0.15, 0.2) is 0 Å². The lowest BCUT2D eigenvalue weighted by atomic mass is 10.1. The van der Waals surface area contributed by atoms with E-state index in [-0.39, 0.29) is 0 Å². The predicted octanol–water partition coefficient (Wildman–Crippen LogP) is 1.94. The molecule has 1 aromatic heterocycles. The molecule has 0 saturated carbocycles. The number of nitrogens with zero attached hydrogens (tertiary/aromatic N) is 2. The van der Waals surface area contributed by atoms with Crippen LogP contribution < -0.4 is 4.74 Å². The van der Waals surface area contributed by atoms with Crippen molar-refractivity contribution in [2.75, 3.05) is 6.61 Å². The summed E-state index contributed by atoms with van der Waals surface area (Å²) in [6.45, 7) is 1.50. The van der Waals surface area contributed by atoms with Gasteiger partial charge in [-0.25, -0.2) is 0 Å². The van der Waals surface area contributed by atoms with E-state index in [1.165, 1.54) is 0 Å². The van der Waals surface area contributed by atoms with Gasteiger partial charge in [0.05, 0.1) is 12.2 Å². The van der Waals surface area contributed by atoms with Crippen molar-refractivity contribution in [3.8, 4) is 17.0 Å². The van der Waals surface area contributed by atoms with Crippen molar-refractivity contribution in [2.24, 2.45) is 0 Å². The highest BCUT2D eigenvalue weighted by molar-refractivity contribution is 5.67. The van der Waals surface area contributed by atoms with Crippen LogP contribution in [0.3, 0.4) is 0 Å². The fraction of sp³-hybridized carbons (Fsp3) is 0.182. The van der Waals surface area contributed by atoms with Crippen LogP contribution in [0.1, 0.15) is 0 Å². The maximum absolute atomic E-state index is 5.63. The van der Waals surface area contributed by atoms with Crippen LogP contribution in [0.25, 0.3) is 11.3 Å². The van der Waals surface area contributed by atoms with E-state index in [1.807, 2.05) is 35.1 Å². The Morgan fingerprint density at radius 3 is 3.14 bits per heavy atom. The van der Waals surface area contributed by atoms with Gasteiger partial charge in [-0.3, -0.25) is 4.68 Å². The molecule has 0 aliphatic carbocycles. The first-order valence-corrected chi connectivity index (χ1v) is 4.69. The number of fused-ring (bicyclic) bond motifs is 3. The van der Waals surface area contributed by atoms with Crippen molar-refractivity contribution in [1.82, 2.24) is 9.78 Å². The Morgan fingerprint density at radius 1 is 1.21 bits per heavy atom. The molecule has 1 aliphatic rings. The van der Waals surface area contributed by atoms with Crippen molar-refractivity contribution < 1.29 is 4.74 Å². The average Bonchev–Trinajstić information content (AvgIpc) is 2.61. The van der Waals surface area contributed by atoms with Gasteiger partial charge >= 0.3 is 0 Å². The fourth-order valence-electron chi connectivity index (χ4n) is 1.79. The first kappa shape index (κ1) is 7.62. The third kappa shape index (κ3) is 1.02. The molecule has 0 amide bonds. The smallest absolute Gasteiger partial charge is 0.128 e. The second kappa shape index (κ2) is 2.87. The summed E-state index contributed by atoms with van der Waals surface area (Å²) < 4.78 is 7.61. The molecule has 0 bridgehead atoms. The summed E-state index contributed by atoms with van der Waals surface area (Å²) in [5.74, 6) is 0.951. The van der Waals surface area contributed by atoms with Gasteiger partial charge in [-0.15, -0.1) is 0 Å². The molecule has 3 heteroatoms. The molecule has 0 fully saturated rings. The highest BCUT2D eigenvalue weighted by Crippen LogP contribution is 2.31. The Bertz CT molecular complexity index is 462. The standard InChI is InChI=1S/C11H10N2O/c1-2-4-11-9(3-1)10-5-6-12-13(10)7-8-14-11/h1-6H,7-8H2. The van der Waals surface area contributed by atoms with Crippen LogP contribution in [0.2, 0.25) is 0 Å². The van der Waals surface area contributed by atoms with E-state index in [2.05, 4.69) is 11.2 Å². The van der Waals surface area contributed by atoms with Crippen LogP contribution in [0.4, 0.5) is 0 Å². The summed E-state index contributed by atoms with van der Waals surface area (Å²) in [5, 5.41) is 4.25. The Kier molecular flexibility index (Phi) is 1.56. The molecule has 3 nitrogen and oxygen atoms in total. The van der Waals surface area contributed by atoms with Gasteiger partial charge < -0.3 is 4.74 Å². The van der Waals surface area contributed by atoms with Gasteiger partial charge in [0.1, 0.15) is 12.4 Å². The Labute approximate surface area is 81.9 Å². The van der Waals surface area contributed by atoms with Crippen LogP contribution in [-0.4, -0.2) is 16.4 Å². The zero-order valence-corrected chi connectivity index (χ0v) is 7.68. The lowest BCUT2D eigenvalue weighted by Crippen LogP contribution is -2.06. The number of benzene rings is 1. The molecule has 0 saturated heterocycles. The molecule has 1 aliphatic heterocycles. The first-order chi connectivity index (χ1) is 6.95. The monoisotopic (exact) mass is 186 g/mol. The largest absolute Gasteiger partial charge is 0.491 e. The maximum Gasteiger partial charge on any atom is 0.128 e. The molecule has 2 heterocycles. The van der Waals surface area contributed by atoms with Crippen molar-refractivity contribution in [3.05, 3.63) is 36.5 Å². The zero-order chi connectivity index (χ0) is 9.38. The quantitative estimate of drug-likeness (QED) is 0.628. The van der Waals surface area contributed by atoms with E-state index in [0.29, 0.717) is 6.61 Å². The van der Waals surface area contributed by atoms with E-state index in [1.54, 1.807) is 0 Å². The van der Waals surface area contributed by atoms with Gasteiger partial charge in [0.2, 0.25) is 0 Å². The number of aromatic nitrogens is 2. The normalized spacial score (nSPS) is 13.7. The molecule has 3 rings (SSSR count). The lowest BCUT2D eigenvalue weighted by Gasteiger charge is -2.04. The lowest BCUT2D eigenvalue weighted by molar-refractivity contribution is 0.300. The Morgan fingerprint density at radius 2 is 2.14 bits per heavy atom. The number of hydrogen-bond donors (Lipinski definition) is 0. The van der Waals surface area contributed by atoms with Crippen molar-refractivity contribution in [1.29, 1.82) is 0 Å². The average molecular weight is 186 g/mol. The minimum atomic E-state index is 0.686. The molecule has 0 spiro atoms. The summed E-state index contributed by atoms with van der Waals surface area (Å²) in [6, 6.07) is 10.1. The van der Waals surface area contributed by atoms with Gasteiger partial charge in [0, 0.05) is 11.8 Å². The van der Waals surface area contributed by atoms with Gasteiger partial charge in [-0.1, -0.05) is 12.1 Å². The third-order valence-electron chi connectivity index (χ3n) is 2.44. The number of rotatable bonds is 0. The molecule has 1 aromatic carbocycles. The zero-order valence-electron chi connectivity index (χ0n) is 7.68. The number of para-hydroxylation sites is 1. The van der Waals surface area contributed by atoms with Gasteiger partial charge in [-0.05, 0) is 18.2 Å². The molecule has 0 N–H and O–H groups in total. The summed E-state index contributed by atoms with van der Waals surface area (Å²) in [6.07, 6.45) is 1.83. The van der Waals surface area contributed by atoms with E-state index in [4.69, 9.17) is 4.74 Å². The molecular weight excluding hydrogens is 176 g/mol. The fourth-order valence-corrected chi connectivity index (χ4v) is 1.79. The molecule has 0 unspecified atom stereocenters. The molecule has 70 valence electrons. The van der Waals surface area contributed by atoms with Crippen LogP contribution in [0.15, 0.2) is 36.5 Å². The second-order valence-electron chi connectivity index (χ2n) is 3.28. The van der Waals surface area contributed by atoms with Gasteiger partial charge in [-0.2, -0.15) is 5.10 Å².